The smallest absolute Gasteiger partial charge is 0.126 e. The molecule has 0 aliphatic carbocycles. The second-order valence-corrected chi connectivity index (χ2v) is 5.01. The highest BCUT2D eigenvalue weighted by atomic mass is 32.1. The lowest BCUT2D eigenvalue weighted by atomic mass is 10.3. The number of nitrogens with zero attached hydrogens (tertiary/aromatic N) is 2. The van der Waals surface area contributed by atoms with Gasteiger partial charge in [0.05, 0.1) is 18.6 Å². The van der Waals surface area contributed by atoms with E-state index in [0.717, 1.165) is 35.8 Å². The minimum atomic E-state index is 0.193. The van der Waals surface area contributed by atoms with Crippen molar-refractivity contribution < 1.29 is 9.52 Å². The molecule has 0 aliphatic heterocycles. The molecule has 0 unspecified atom stereocenters. The van der Waals surface area contributed by atoms with Gasteiger partial charge in [-0.05, 0) is 19.0 Å². The Morgan fingerprint density at radius 2 is 2.33 bits per heavy atom. The molecule has 0 bridgehead atoms. The molecule has 18 heavy (non-hydrogen) atoms. The van der Waals surface area contributed by atoms with Crippen LogP contribution in [0.4, 0.5) is 0 Å². The molecule has 0 amide bonds. The number of furan rings is 1. The molecule has 2 aromatic rings. The third-order valence-electron chi connectivity index (χ3n) is 2.66. The zero-order valence-electron chi connectivity index (χ0n) is 10.5. The molecule has 0 fully saturated rings. The molecule has 98 valence electrons. The van der Waals surface area contributed by atoms with E-state index in [0.29, 0.717) is 6.54 Å². The van der Waals surface area contributed by atoms with Gasteiger partial charge in [0.15, 0.2) is 0 Å². The molecule has 0 radical (unpaired) electrons. The summed E-state index contributed by atoms with van der Waals surface area (Å²) in [6.45, 7) is 4.81. The first-order valence-corrected chi connectivity index (χ1v) is 7.01. The van der Waals surface area contributed by atoms with E-state index in [2.05, 4.69) is 22.2 Å². The molecule has 0 aromatic carbocycles. The summed E-state index contributed by atoms with van der Waals surface area (Å²) in [7, 11) is 0. The average molecular weight is 266 g/mol. The van der Waals surface area contributed by atoms with Crippen LogP contribution in [-0.2, 0) is 6.54 Å². The quantitative estimate of drug-likeness (QED) is 0.837. The Labute approximate surface area is 111 Å². The molecule has 2 aromatic heterocycles. The van der Waals surface area contributed by atoms with Gasteiger partial charge in [0.2, 0.25) is 0 Å². The van der Waals surface area contributed by atoms with Crippen LogP contribution in [0.3, 0.4) is 0 Å². The summed E-state index contributed by atoms with van der Waals surface area (Å²) in [4.78, 5) is 6.81. The van der Waals surface area contributed by atoms with Gasteiger partial charge in [-0.3, -0.25) is 4.90 Å². The fourth-order valence-electron chi connectivity index (χ4n) is 1.86. The van der Waals surface area contributed by atoms with Crippen molar-refractivity contribution in [3.05, 3.63) is 29.7 Å². The fourth-order valence-corrected chi connectivity index (χ4v) is 2.65. The highest BCUT2D eigenvalue weighted by Gasteiger charge is 2.09. The third kappa shape index (κ3) is 3.41. The number of aromatic nitrogens is 1. The second kappa shape index (κ2) is 6.68. The Morgan fingerprint density at radius 1 is 1.44 bits per heavy atom. The average Bonchev–Trinajstić information content (AvgIpc) is 2.98. The van der Waals surface area contributed by atoms with E-state index in [1.54, 1.807) is 23.9 Å². The molecule has 2 rings (SSSR count). The van der Waals surface area contributed by atoms with Crippen LogP contribution >= 0.6 is 11.3 Å². The number of hydrogen-bond donors (Lipinski definition) is 1. The first-order valence-electron chi connectivity index (χ1n) is 6.13. The van der Waals surface area contributed by atoms with Crippen molar-refractivity contribution in [2.75, 3.05) is 19.7 Å². The lowest BCUT2D eigenvalue weighted by Gasteiger charge is -2.18. The van der Waals surface area contributed by atoms with Crippen LogP contribution < -0.4 is 0 Å². The maximum atomic E-state index is 9.02. The molecular weight excluding hydrogens is 248 g/mol. The highest BCUT2D eigenvalue weighted by molar-refractivity contribution is 7.13. The summed E-state index contributed by atoms with van der Waals surface area (Å²) in [5.74, 6) is 0. The first kappa shape index (κ1) is 13.3. The molecule has 5 heteroatoms. The van der Waals surface area contributed by atoms with Crippen LogP contribution in [0, 0.1) is 0 Å². The lowest BCUT2D eigenvalue weighted by Crippen LogP contribution is -2.27. The number of hydrogen-bond acceptors (Lipinski definition) is 5. The fraction of sp³-hybridized carbons (Fsp3) is 0.462. The van der Waals surface area contributed by atoms with Crippen molar-refractivity contribution in [2.24, 2.45) is 0 Å². The van der Waals surface area contributed by atoms with Gasteiger partial charge in [-0.2, -0.15) is 0 Å². The molecule has 0 saturated heterocycles. The molecular formula is C13H18N2O2S. The van der Waals surface area contributed by atoms with Crippen molar-refractivity contribution in [1.29, 1.82) is 0 Å². The van der Waals surface area contributed by atoms with Crippen LogP contribution in [0.2, 0.25) is 0 Å². The van der Waals surface area contributed by atoms with E-state index < -0.39 is 0 Å². The second-order valence-electron chi connectivity index (χ2n) is 4.16. The molecule has 1 N–H and O–H groups in total. The minimum Gasteiger partial charge on any atom is -0.472 e. The molecule has 0 saturated carbocycles. The molecule has 2 heterocycles. The molecule has 0 aliphatic rings. The van der Waals surface area contributed by atoms with Crippen LogP contribution in [0.5, 0.6) is 0 Å². The van der Waals surface area contributed by atoms with Crippen LogP contribution in [-0.4, -0.2) is 34.7 Å². The monoisotopic (exact) mass is 266 g/mol. The van der Waals surface area contributed by atoms with E-state index in [9.17, 15) is 0 Å². The maximum Gasteiger partial charge on any atom is 0.126 e. The van der Waals surface area contributed by atoms with Crippen molar-refractivity contribution in [2.45, 2.75) is 19.9 Å². The summed E-state index contributed by atoms with van der Waals surface area (Å²) in [6.07, 6.45) is 4.45. The SMILES string of the molecule is CCCN(CCO)Cc1csc(-c2ccoc2)n1. The maximum absolute atomic E-state index is 9.02. The topological polar surface area (TPSA) is 49.5 Å². The number of aliphatic hydroxyl groups excluding tert-OH is 1. The van der Waals surface area contributed by atoms with Crippen molar-refractivity contribution in [3.8, 4) is 10.6 Å². The predicted octanol–water partition coefficient (Wildman–Crippen LogP) is 2.61. The first-order chi connectivity index (χ1) is 8.83. The predicted molar refractivity (Wildman–Crippen MR) is 72.5 cm³/mol. The molecule has 0 spiro atoms. The number of aliphatic hydroxyl groups is 1. The van der Waals surface area contributed by atoms with Crippen LogP contribution in [0.1, 0.15) is 19.0 Å². The number of thiazole rings is 1. The Hall–Kier alpha value is -1.17. The largest absolute Gasteiger partial charge is 0.472 e. The molecule has 0 atom stereocenters. The lowest BCUT2D eigenvalue weighted by molar-refractivity contribution is 0.189. The van der Waals surface area contributed by atoms with Crippen molar-refractivity contribution >= 4 is 11.3 Å². The van der Waals surface area contributed by atoms with E-state index in [4.69, 9.17) is 9.52 Å². The summed E-state index contributed by atoms with van der Waals surface area (Å²) in [5.41, 5.74) is 2.08. The van der Waals surface area contributed by atoms with E-state index in [1.807, 2.05) is 6.07 Å². The standard InChI is InChI=1S/C13H18N2O2S/c1-2-4-15(5-6-16)8-12-10-18-13(14-12)11-3-7-17-9-11/h3,7,9-10,16H,2,4-6,8H2,1H3. The van der Waals surface area contributed by atoms with Gasteiger partial charge in [-0.1, -0.05) is 6.92 Å². The summed E-state index contributed by atoms with van der Waals surface area (Å²) >= 11 is 1.63. The Kier molecular flexibility index (Phi) is 4.92. The van der Waals surface area contributed by atoms with Gasteiger partial charge >= 0.3 is 0 Å². The van der Waals surface area contributed by atoms with Gasteiger partial charge in [-0.25, -0.2) is 4.98 Å². The van der Waals surface area contributed by atoms with Crippen LogP contribution in [0.25, 0.3) is 10.6 Å². The van der Waals surface area contributed by atoms with Gasteiger partial charge in [0.1, 0.15) is 11.3 Å². The zero-order valence-corrected chi connectivity index (χ0v) is 11.3. The van der Waals surface area contributed by atoms with Gasteiger partial charge in [0, 0.05) is 24.0 Å². The minimum absolute atomic E-state index is 0.193. The van der Waals surface area contributed by atoms with Gasteiger partial charge in [0.25, 0.3) is 0 Å². The van der Waals surface area contributed by atoms with Gasteiger partial charge in [-0.15, -0.1) is 11.3 Å². The van der Waals surface area contributed by atoms with E-state index in [-0.39, 0.29) is 6.61 Å². The van der Waals surface area contributed by atoms with Gasteiger partial charge < -0.3 is 9.52 Å². The summed E-state index contributed by atoms with van der Waals surface area (Å²) < 4.78 is 5.06. The number of rotatable bonds is 7. The Bertz CT molecular complexity index is 447. The Balaban J connectivity index is 2.01. The summed E-state index contributed by atoms with van der Waals surface area (Å²) in [6, 6.07) is 1.92. The van der Waals surface area contributed by atoms with Crippen molar-refractivity contribution in [1.82, 2.24) is 9.88 Å². The van der Waals surface area contributed by atoms with E-state index in [1.165, 1.54) is 0 Å². The van der Waals surface area contributed by atoms with E-state index >= 15 is 0 Å². The normalized spacial score (nSPS) is 11.3. The highest BCUT2D eigenvalue weighted by Crippen LogP contribution is 2.24. The third-order valence-corrected chi connectivity index (χ3v) is 3.60. The zero-order chi connectivity index (χ0) is 12.8. The van der Waals surface area contributed by atoms with Crippen molar-refractivity contribution in [3.63, 3.8) is 0 Å². The Morgan fingerprint density at radius 3 is 3.00 bits per heavy atom. The van der Waals surface area contributed by atoms with Crippen LogP contribution in [0.15, 0.2) is 28.4 Å². The molecule has 4 nitrogen and oxygen atoms in total. The summed E-state index contributed by atoms with van der Waals surface area (Å²) in [5, 5.41) is 12.1.